The van der Waals surface area contributed by atoms with Gasteiger partial charge in [-0.25, -0.2) is 0 Å². The summed E-state index contributed by atoms with van der Waals surface area (Å²) in [6, 6.07) is 9.17. The molecule has 2 aliphatic heterocycles. The average Bonchev–Trinajstić information content (AvgIpc) is 2.85. The van der Waals surface area contributed by atoms with Crippen molar-refractivity contribution in [2.75, 3.05) is 26.7 Å². The third-order valence-electron chi connectivity index (χ3n) is 4.57. The summed E-state index contributed by atoms with van der Waals surface area (Å²) in [7, 11) is 2.16. The molecule has 1 aromatic rings. The maximum absolute atomic E-state index is 6.13. The molecule has 2 heterocycles. The molecule has 2 saturated heterocycles. The highest BCUT2D eigenvalue weighted by Crippen LogP contribution is 2.28. The molecule has 0 radical (unpaired) electrons. The topological polar surface area (TPSA) is 24.5 Å². The van der Waals surface area contributed by atoms with E-state index < -0.39 is 0 Å². The number of nitrogens with one attached hydrogen (secondary N) is 1. The van der Waals surface area contributed by atoms with Gasteiger partial charge in [0.1, 0.15) is 11.9 Å². The lowest BCUT2D eigenvalue weighted by Gasteiger charge is -2.28. The molecule has 110 valence electrons. The highest BCUT2D eigenvalue weighted by atomic mass is 16.5. The molecule has 1 aromatic carbocycles. The van der Waals surface area contributed by atoms with Crippen LogP contribution in [0.3, 0.4) is 0 Å². The number of hydrogen-bond acceptors (Lipinski definition) is 3. The Kier molecular flexibility index (Phi) is 4.27. The molecule has 3 heteroatoms. The molecule has 3 atom stereocenters. The van der Waals surface area contributed by atoms with Gasteiger partial charge in [-0.3, -0.25) is 0 Å². The predicted octanol–water partition coefficient (Wildman–Crippen LogP) is 2.83. The van der Waals surface area contributed by atoms with Crippen LogP contribution in [0, 0.1) is 5.92 Å². The van der Waals surface area contributed by atoms with Crippen molar-refractivity contribution >= 4 is 0 Å². The van der Waals surface area contributed by atoms with Crippen molar-refractivity contribution in [1.82, 2.24) is 10.2 Å². The fourth-order valence-corrected chi connectivity index (χ4v) is 3.27. The van der Waals surface area contributed by atoms with Crippen LogP contribution in [0.1, 0.15) is 37.8 Å². The van der Waals surface area contributed by atoms with E-state index >= 15 is 0 Å². The Bertz CT molecular complexity index is 440. The first kappa shape index (κ1) is 13.9. The number of benzene rings is 1. The first-order valence-corrected chi connectivity index (χ1v) is 7.89. The number of rotatable bonds is 3. The monoisotopic (exact) mass is 274 g/mol. The van der Waals surface area contributed by atoms with E-state index in [9.17, 15) is 0 Å². The Morgan fingerprint density at radius 2 is 2.15 bits per heavy atom. The van der Waals surface area contributed by atoms with Crippen molar-refractivity contribution in [3.05, 3.63) is 29.8 Å². The van der Waals surface area contributed by atoms with Gasteiger partial charge >= 0.3 is 0 Å². The summed E-state index contributed by atoms with van der Waals surface area (Å²) < 4.78 is 6.13. The Labute approximate surface area is 122 Å². The molecule has 1 N–H and O–H groups in total. The number of hydrogen-bond donors (Lipinski definition) is 1. The normalized spacial score (nSPS) is 31.4. The molecule has 20 heavy (non-hydrogen) atoms. The van der Waals surface area contributed by atoms with E-state index in [0.717, 1.165) is 37.7 Å². The van der Waals surface area contributed by atoms with Gasteiger partial charge in [0.25, 0.3) is 0 Å². The Hall–Kier alpha value is -1.06. The summed E-state index contributed by atoms with van der Waals surface area (Å²) >= 11 is 0. The molecular weight excluding hydrogens is 248 g/mol. The second kappa shape index (κ2) is 6.15. The van der Waals surface area contributed by atoms with Gasteiger partial charge in [-0.2, -0.15) is 0 Å². The van der Waals surface area contributed by atoms with Gasteiger partial charge in [0, 0.05) is 19.1 Å². The SMILES string of the molecule is C[C@H]1CC[C@H](c2cccc(OC3CCN(C)C3)c2)NC1. The van der Waals surface area contributed by atoms with Crippen LogP contribution >= 0.6 is 0 Å². The molecule has 0 saturated carbocycles. The van der Waals surface area contributed by atoms with E-state index in [2.05, 4.69) is 48.5 Å². The van der Waals surface area contributed by atoms with Gasteiger partial charge in [-0.1, -0.05) is 19.1 Å². The second-order valence-electron chi connectivity index (χ2n) is 6.51. The number of piperidine rings is 1. The van der Waals surface area contributed by atoms with E-state index in [1.165, 1.54) is 18.4 Å². The van der Waals surface area contributed by atoms with Crippen LogP contribution < -0.4 is 10.1 Å². The standard InChI is InChI=1S/C17H26N2O/c1-13-6-7-17(18-11-13)14-4-3-5-15(10-14)20-16-8-9-19(2)12-16/h3-5,10,13,16-18H,6-9,11-12H2,1-2H3/t13-,16?,17+/m0/s1. The van der Waals surface area contributed by atoms with Crippen LogP contribution in [0.5, 0.6) is 5.75 Å². The number of likely N-dealkylation sites (tertiary alicyclic amines) is 1. The van der Waals surface area contributed by atoms with E-state index in [0.29, 0.717) is 12.1 Å². The summed E-state index contributed by atoms with van der Waals surface area (Å²) in [5, 5.41) is 3.65. The summed E-state index contributed by atoms with van der Waals surface area (Å²) in [6.07, 6.45) is 4.04. The first-order chi connectivity index (χ1) is 9.70. The fourth-order valence-electron chi connectivity index (χ4n) is 3.27. The van der Waals surface area contributed by atoms with E-state index in [1.807, 2.05) is 0 Å². The molecular formula is C17H26N2O. The average molecular weight is 274 g/mol. The van der Waals surface area contributed by atoms with Crippen molar-refractivity contribution in [3.8, 4) is 5.75 Å². The third kappa shape index (κ3) is 3.33. The quantitative estimate of drug-likeness (QED) is 0.917. The third-order valence-corrected chi connectivity index (χ3v) is 4.57. The van der Waals surface area contributed by atoms with Crippen molar-refractivity contribution in [2.24, 2.45) is 5.92 Å². The minimum Gasteiger partial charge on any atom is -0.489 e. The largest absolute Gasteiger partial charge is 0.489 e. The summed E-state index contributed by atoms with van der Waals surface area (Å²) in [5.41, 5.74) is 1.38. The van der Waals surface area contributed by atoms with Gasteiger partial charge in [-0.15, -0.1) is 0 Å². The second-order valence-corrected chi connectivity index (χ2v) is 6.51. The molecule has 2 aliphatic rings. The smallest absolute Gasteiger partial charge is 0.120 e. The first-order valence-electron chi connectivity index (χ1n) is 7.89. The lowest BCUT2D eigenvalue weighted by atomic mass is 9.92. The Morgan fingerprint density at radius 1 is 1.25 bits per heavy atom. The van der Waals surface area contributed by atoms with Crippen molar-refractivity contribution in [1.29, 1.82) is 0 Å². The van der Waals surface area contributed by atoms with Crippen LogP contribution in [0.4, 0.5) is 0 Å². The van der Waals surface area contributed by atoms with Gasteiger partial charge in [0.15, 0.2) is 0 Å². The highest BCUT2D eigenvalue weighted by molar-refractivity contribution is 5.31. The van der Waals surface area contributed by atoms with Crippen molar-refractivity contribution in [2.45, 2.75) is 38.3 Å². The fraction of sp³-hybridized carbons (Fsp3) is 0.647. The van der Waals surface area contributed by atoms with Crippen molar-refractivity contribution in [3.63, 3.8) is 0 Å². The minimum atomic E-state index is 0.356. The van der Waals surface area contributed by atoms with E-state index in [1.54, 1.807) is 0 Å². The lowest BCUT2D eigenvalue weighted by molar-refractivity contribution is 0.207. The number of ether oxygens (including phenoxy) is 1. The molecule has 3 rings (SSSR count). The molecule has 0 bridgehead atoms. The molecule has 0 aliphatic carbocycles. The number of likely N-dealkylation sites (N-methyl/N-ethyl adjacent to an activating group) is 1. The lowest BCUT2D eigenvalue weighted by Crippen LogP contribution is -2.31. The van der Waals surface area contributed by atoms with Gasteiger partial charge in [-0.05, 0) is 56.5 Å². The zero-order valence-electron chi connectivity index (χ0n) is 12.6. The van der Waals surface area contributed by atoms with Gasteiger partial charge in [0.05, 0.1) is 0 Å². The maximum Gasteiger partial charge on any atom is 0.120 e. The Balaban J connectivity index is 1.63. The summed E-state index contributed by atoms with van der Waals surface area (Å²) in [6.45, 7) is 5.64. The summed E-state index contributed by atoms with van der Waals surface area (Å²) in [4.78, 5) is 2.33. The molecule has 0 aromatic heterocycles. The molecule has 3 nitrogen and oxygen atoms in total. The molecule has 1 unspecified atom stereocenters. The Morgan fingerprint density at radius 3 is 2.85 bits per heavy atom. The predicted molar refractivity (Wildman–Crippen MR) is 82.1 cm³/mol. The van der Waals surface area contributed by atoms with Crippen LogP contribution in [-0.2, 0) is 0 Å². The van der Waals surface area contributed by atoms with Crippen LogP contribution in [0.15, 0.2) is 24.3 Å². The zero-order valence-corrected chi connectivity index (χ0v) is 12.6. The number of nitrogens with zero attached hydrogens (tertiary/aromatic N) is 1. The van der Waals surface area contributed by atoms with Gasteiger partial charge < -0.3 is 15.0 Å². The zero-order chi connectivity index (χ0) is 13.9. The van der Waals surface area contributed by atoms with Crippen LogP contribution in [0.25, 0.3) is 0 Å². The maximum atomic E-state index is 6.13. The van der Waals surface area contributed by atoms with E-state index in [-0.39, 0.29) is 0 Å². The van der Waals surface area contributed by atoms with Crippen LogP contribution in [0.2, 0.25) is 0 Å². The highest BCUT2D eigenvalue weighted by Gasteiger charge is 2.22. The van der Waals surface area contributed by atoms with Crippen molar-refractivity contribution < 1.29 is 4.74 Å². The van der Waals surface area contributed by atoms with Gasteiger partial charge in [0.2, 0.25) is 0 Å². The minimum absolute atomic E-state index is 0.356. The molecule has 0 spiro atoms. The summed E-state index contributed by atoms with van der Waals surface area (Å²) in [5.74, 6) is 1.84. The van der Waals surface area contributed by atoms with E-state index in [4.69, 9.17) is 4.74 Å². The molecule has 2 fully saturated rings. The van der Waals surface area contributed by atoms with Crippen LogP contribution in [-0.4, -0.2) is 37.7 Å². The molecule has 0 amide bonds.